The predicted molar refractivity (Wildman–Crippen MR) is 128 cm³/mol. The lowest BCUT2D eigenvalue weighted by atomic mass is 10.0. The fraction of sp³-hybridized carbons (Fsp3) is 0.346. The number of nitrogens with zero attached hydrogens (tertiary/aromatic N) is 2. The molecular weight excluding hydrogens is 420 g/mol. The lowest BCUT2D eigenvalue weighted by molar-refractivity contribution is -0.121. The Kier molecular flexibility index (Phi) is 6.22. The highest BCUT2D eigenvalue weighted by Crippen LogP contribution is 2.34. The molecule has 172 valence electrons. The van der Waals surface area contributed by atoms with E-state index < -0.39 is 6.04 Å². The Morgan fingerprint density at radius 1 is 1.09 bits per heavy atom. The molecule has 2 heterocycles. The van der Waals surface area contributed by atoms with Crippen molar-refractivity contribution in [3.63, 3.8) is 0 Å². The number of hydrogen-bond acceptors (Lipinski definition) is 5. The molecule has 4 rings (SSSR count). The highest BCUT2D eigenvalue weighted by atomic mass is 16.5. The van der Waals surface area contributed by atoms with Crippen molar-refractivity contribution in [3.8, 4) is 11.5 Å². The maximum atomic E-state index is 13.3. The Bertz CT molecular complexity index is 1280. The van der Waals surface area contributed by atoms with E-state index in [0.717, 1.165) is 11.8 Å². The number of amides is 1. The predicted octanol–water partition coefficient (Wildman–Crippen LogP) is 4.37. The van der Waals surface area contributed by atoms with Crippen molar-refractivity contribution in [2.45, 2.75) is 46.3 Å². The second-order valence-electron chi connectivity index (χ2n) is 8.50. The van der Waals surface area contributed by atoms with Gasteiger partial charge < -0.3 is 18.9 Å². The van der Waals surface area contributed by atoms with Crippen LogP contribution in [0.4, 0.5) is 5.69 Å². The molecular formula is C26H28N2O5. The van der Waals surface area contributed by atoms with Gasteiger partial charge in [-0.15, -0.1) is 0 Å². The molecule has 0 saturated carbocycles. The number of ketones is 1. The normalized spacial score (nSPS) is 14.2. The molecule has 3 aromatic rings. The molecule has 1 amide bonds. The van der Waals surface area contributed by atoms with Crippen LogP contribution < -0.4 is 19.9 Å². The van der Waals surface area contributed by atoms with E-state index in [0.29, 0.717) is 34.7 Å². The van der Waals surface area contributed by atoms with Crippen LogP contribution >= 0.6 is 0 Å². The summed E-state index contributed by atoms with van der Waals surface area (Å²) in [7, 11) is 0. The third-order valence-electron chi connectivity index (χ3n) is 5.70. The standard InChI is InChI=1S/C26H28N2O5/c1-5-11-28-22-14-19(6-9-23(22)32-15-24(28)29)25(30)17(4)27-12-10-18-13-20(33-16(2)3)7-8-21(18)26(27)31/h6-10,12-14,16-17H,5,11,15H2,1-4H3. The van der Waals surface area contributed by atoms with Gasteiger partial charge in [-0.2, -0.15) is 0 Å². The number of rotatable bonds is 7. The molecule has 0 fully saturated rings. The number of fused-ring (bicyclic) bond motifs is 2. The molecule has 0 radical (unpaired) electrons. The number of pyridine rings is 1. The third kappa shape index (κ3) is 4.35. The maximum absolute atomic E-state index is 13.3. The van der Waals surface area contributed by atoms with Gasteiger partial charge in [0.15, 0.2) is 12.4 Å². The van der Waals surface area contributed by atoms with Gasteiger partial charge in [0, 0.05) is 23.7 Å². The fourth-order valence-corrected chi connectivity index (χ4v) is 4.08. The lowest BCUT2D eigenvalue weighted by Gasteiger charge is -2.29. The van der Waals surface area contributed by atoms with E-state index in [9.17, 15) is 14.4 Å². The number of hydrogen-bond donors (Lipinski definition) is 0. The average Bonchev–Trinajstić information content (AvgIpc) is 2.79. The van der Waals surface area contributed by atoms with Gasteiger partial charge in [0.2, 0.25) is 0 Å². The summed E-state index contributed by atoms with van der Waals surface area (Å²) in [6.07, 6.45) is 2.46. The first-order chi connectivity index (χ1) is 15.8. The summed E-state index contributed by atoms with van der Waals surface area (Å²) in [6.45, 7) is 8.13. The second kappa shape index (κ2) is 9.10. The van der Waals surface area contributed by atoms with Crippen LogP contribution in [0.3, 0.4) is 0 Å². The van der Waals surface area contributed by atoms with Crippen molar-refractivity contribution >= 4 is 28.2 Å². The summed E-state index contributed by atoms with van der Waals surface area (Å²) in [5.74, 6) is 0.929. The van der Waals surface area contributed by atoms with Gasteiger partial charge in [-0.1, -0.05) is 6.92 Å². The van der Waals surface area contributed by atoms with Crippen molar-refractivity contribution in [3.05, 3.63) is 64.6 Å². The van der Waals surface area contributed by atoms with Crippen LogP contribution in [0.5, 0.6) is 11.5 Å². The zero-order chi connectivity index (χ0) is 23.7. The number of aromatic nitrogens is 1. The SMILES string of the molecule is CCCN1C(=O)COc2ccc(C(=O)C(C)n3ccc4cc(OC(C)C)ccc4c3=O)cc21. The molecule has 2 aromatic carbocycles. The lowest BCUT2D eigenvalue weighted by Crippen LogP contribution is -2.39. The summed E-state index contributed by atoms with van der Waals surface area (Å²) >= 11 is 0. The molecule has 1 aliphatic heterocycles. The van der Waals surface area contributed by atoms with Gasteiger partial charge in [0.1, 0.15) is 11.5 Å². The Balaban J connectivity index is 1.66. The van der Waals surface area contributed by atoms with Crippen molar-refractivity contribution < 1.29 is 19.1 Å². The van der Waals surface area contributed by atoms with Gasteiger partial charge in [0.05, 0.1) is 17.8 Å². The average molecular weight is 449 g/mol. The Hall–Kier alpha value is -3.61. The van der Waals surface area contributed by atoms with Crippen LogP contribution in [-0.4, -0.2) is 35.5 Å². The Morgan fingerprint density at radius 2 is 1.88 bits per heavy atom. The van der Waals surface area contributed by atoms with Crippen molar-refractivity contribution in [1.29, 1.82) is 0 Å². The van der Waals surface area contributed by atoms with Gasteiger partial charge in [0.25, 0.3) is 11.5 Å². The largest absolute Gasteiger partial charge is 0.491 e. The topological polar surface area (TPSA) is 77.8 Å². The summed E-state index contributed by atoms with van der Waals surface area (Å²) in [5, 5.41) is 1.28. The molecule has 1 unspecified atom stereocenters. The van der Waals surface area contributed by atoms with Crippen molar-refractivity contribution in [1.82, 2.24) is 4.57 Å². The summed E-state index contributed by atoms with van der Waals surface area (Å²) in [5.41, 5.74) is 0.775. The molecule has 0 N–H and O–H groups in total. The van der Waals surface area contributed by atoms with Gasteiger partial charge >= 0.3 is 0 Å². The minimum atomic E-state index is -0.716. The van der Waals surface area contributed by atoms with E-state index in [1.807, 2.05) is 32.9 Å². The van der Waals surface area contributed by atoms with Crippen LogP contribution in [0, 0.1) is 0 Å². The van der Waals surface area contributed by atoms with Crippen LogP contribution in [0.15, 0.2) is 53.5 Å². The van der Waals surface area contributed by atoms with E-state index in [4.69, 9.17) is 9.47 Å². The zero-order valence-electron chi connectivity index (χ0n) is 19.3. The third-order valence-corrected chi connectivity index (χ3v) is 5.70. The van der Waals surface area contributed by atoms with E-state index in [-0.39, 0.29) is 30.0 Å². The quantitative estimate of drug-likeness (QED) is 0.502. The molecule has 1 aliphatic rings. The molecule has 7 heteroatoms. The zero-order valence-corrected chi connectivity index (χ0v) is 19.3. The number of Topliss-reactive ketones (excluding diaryl/α,β-unsaturated/α-hetero) is 1. The van der Waals surface area contributed by atoms with E-state index >= 15 is 0 Å². The molecule has 0 saturated heterocycles. The van der Waals surface area contributed by atoms with Crippen LogP contribution in [0.1, 0.15) is 50.5 Å². The summed E-state index contributed by atoms with van der Waals surface area (Å²) in [6, 6.07) is 11.5. The van der Waals surface area contributed by atoms with Crippen molar-refractivity contribution in [2.75, 3.05) is 18.1 Å². The van der Waals surface area contributed by atoms with Crippen molar-refractivity contribution in [2.24, 2.45) is 0 Å². The van der Waals surface area contributed by atoms with Crippen LogP contribution in [0.25, 0.3) is 10.8 Å². The first-order valence-corrected chi connectivity index (χ1v) is 11.2. The maximum Gasteiger partial charge on any atom is 0.265 e. The number of benzene rings is 2. The number of carbonyl (C=O) groups is 2. The highest BCUT2D eigenvalue weighted by molar-refractivity contribution is 6.03. The molecule has 0 bridgehead atoms. The first-order valence-electron chi connectivity index (χ1n) is 11.2. The molecule has 0 spiro atoms. The summed E-state index contributed by atoms with van der Waals surface area (Å²) < 4.78 is 12.7. The first kappa shape index (κ1) is 22.6. The van der Waals surface area contributed by atoms with E-state index in [1.165, 1.54) is 4.57 Å². The van der Waals surface area contributed by atoms with Gasteiger partial charge in [-0.05, 0) is 75.0 Å². The smallest absolute Gasteiger partial charge is 0.265 e. The molecule has 33 heavy (non-hydrogen) atoms. The second-order valence-corrected chi connectivity index (χ2v) is 8.50. The fourth-order valence-electron chi connectivity index (χ4n) is 4.08. The van der Waals surface area contributed by atoms with E-state index in [1.54, 1.807) is 48.4 Å². The van der Waals surface area contributed by atoms with Gasteiger partial charge in [-0.25, -0.2) is 0 Å². The minimum absolute atomic E-state index is 0.00684. The number of carbonyl (C=O) groups excluding carboxylic acids is 2. The number of anilines is 1. The Morgan fingerprint density at radius 3 is 2.61 bits per heavy atom. The molecule has 1 atom stereocenters. The summed E-state index contributed by atoms with van der Waals surface area (Å²) in [4.78, 5) is 40.4. The van der Waals surface area contributed by atoms with Crippen LogP contribution in [0.2, 0.25) is 0 Å². The Labute approximate surface area is 192 Å². The van der Waals surface area contributed by atoms with Gasteiger partial charge in [-0.3, -0.25) is 14.4 Å². The van der Waals surface area contributed by atoms with Crippen LogP contribution in [-0.2, 0) is 4.79 Å². The molecule has 1 aromatic heterocycles. The minimum Gasteiger partial charge on any atom is -0.491 e. The number of ether oxygens (including phenoxy) is 2. The molecule has 0 aliphatic carbocycles. The van der Waals surface area contributed by atoms with E-state index in [2.05, 4.69) is 0 Å². The monoisotopic (exact) mass is 448 g/mol. The highest BCUT2D eigenvalue weighted by Gasteiger charge is 2.27. The molecule has 7 nitrogen and oxygen atoms in total.